The second kappa shape index (κ2) is 8.65. The number of fused-ring (bicyclic) bond motifs is 1. The third-order valence-electron chi connectivity index (χ3n) is 4.99. The monoisotopic (exact) mass is 405 g/mol. The summed E-state index contributed by atoms with van der Waals surface area (Å²) in [5.41, 5.74) is 4.26. The molecule has 30 heavy (non-hydrogen) atoms. The summed E-state index contributed by atoms with van der Waals surface area (Å²) in [4.78, 5) is 38.0. The molecule has 7 heteroatoms. The largest absolute Gasteiger partial charge is 0.464 e. The highest BCUT2D eigenvalue weighted by atomic mass is 16.5. The number of carbonyl (C=O) groups excluding carboxylic acids is 3. The molecule has 7 nitrogen and oxygen atoms in total. The molecule has 1 aliphatic heterocycles. The van der Waals surface area contributed by atoms with Gasteiger partial charge in [0.15, 0.2) is 0 Å². The van der Waals surface area contributed by atoms with Gasteiger partial charge in [0.25, 0.3) is 11.8 Å². The lowest BCUT2D eigenvalue weighted by atomic mass is 9.97. The summed E-state index contributed by atoms with van der Waals surface area (Å²) in [5, 5.41) is 5.40. The molecule has 0 fully saturated rings. The van der Waals surface area contributed by atoms with E-state index in [0.29, 0.717) is 12.0 Å². The Bertz CT molecular complexity index is 1040. The van der Waals surface area contributed by atoms with Gasteiger partial charge in [-0.25, -0.2) is 4.79 Å². The van der Waals surface area contributed by atoms with E-state index < -0.39 is 11.9 Å². The molecule has 0 atom stereocenters. The number of methoxy groups -OCH3 is 1. The summed E-state index contributed by atoms with van der Waals surface area (Å²) in [7, 11) is 3.05. The van der Waals surface area contributed by atoms with E-state index in [1.165, 1.54) is 12.0 Å². The van der Waals surface area contributed by atoms with Crippen molar-refractivity contribution in [1.82, 2.24) is 10.2 Å². The van der Waals surface area contributed by atoms with Crippen LogP contribution in [0.5, 0.6) is 0 Å². The van der Waals surface area contributed by atoms with E-state index >= 15 is 0 Å². The summed E-state index contributed by atoms with van der Waals surface area (Å²) in [5.74, 6) is -1.75. The molecular formula is C23H23N3O4. The van der Waals surface area contributed by atoms with Gasteiger partial charge in [0, 0.05) is 18.3 Å². The Morgan fingerprint density at radius 2 is 1.83 bits per heavy atom. The first kappa shape index (κ1) is 20.9. The van der Waals surface area contributed by atoms with Crippen LogP contribution in [0.4, 0.5) is 5.69 Å². The van der Waals surface area contributed by atoms with Crippen molar-refractivity contribution in [2.75, 3.05) is 19.5 Å². The van der Waals surface area contributed by atoms with Crippen molar-refractivity contribution in [1.29, 1.82) is 0 Å². The van der Waals surface area contributed by atoms with Crippen molar-refractivity contribution in [3.05, 3.63) is 89.3 Å². The molecule has 0 saturated carbocycles. The van der Waals surface area contributed by atoms with Gasteiger partial charge in [-0.2, -0.15) is 0 Å². The first-order valence-electron chi connectivity index (χ1n) is 9.32. The summed E-state index contributed by atoms with van der Waals surface area (Å²) >= 11 is 0. The van der Waals surface area contributed by atoms with Gasteiger partial charge in [-0.3, -0.25) is 14.5 Å². The predicted molar refractivity (Wildman–Crippen MR) is 114 cm³/mol. The zero-order chi connectivity index (χ0) is 21.8. The Hall–Kier alpha value is -3.87. The molecule has 2 amide bonds. The van der Waals surface area contributed by atoms with Crippen molar-refractivity contribution in [2.45, 2.75) is 13.0 Å². The minimum atomic E-state index is -0.765. The molecule has 0 saturated heterocycles. The molecule has 0 unspecified atom stereocenters. The van der Waals surface area contributed by atoms with Crippen LogP contribution in [-0.2, 0) is 27.3 Å². The highest BCUT2D eigenvalue weighted by Gasteiger charge is 2.33. The van der Waals surface area contributed by atoms with Gasteiger partial charge in [-0.05, 0) is 41.3 Å². The van der Waals surface area contributed by atoms with Crippen molar-refractivity contribution in [3.63, 3.8) is 0 Å². The third kappa shape index (κ3) is 4.10. The fourth-order valence-electron chi connectivity index (χ4n) is 3.30. The van der Waals surface area contributed by atoms with Crippen molar-refractivity contribution < 1.29 is 19.1 Å². The Labute approximate surface area is 175 Å². The Balaban J connectivity index is 1.78. The fraction of sp³-hybridized carbons (Fsp3) is 0.174. The average Bonchev–Trinajstić information content (AvgIpc) is 3.10. The van der Waals surface area contributed by atoms with Crippen molar-refractivity contribution in [3.8, 4) is 0 Å². The SMILES string of the molecule is C=C(NC(=O)C(=C)N1Cc2c(Cc3ccc(NC)cc3)cccc2C1=O)C(=O)OC. The Morgan fingerprint density at radius 1 is 1.13 bits per heavy atom. The van der Waals surface area contributed by atoms with E-state index in [0.717, 1.165) is 22.4 Å². The van der Waals surface area contributed by atoms with E-state index in [4.69, 9.17) is 0 Å². The number of rotatable bonds is 7. The number of carbonyl (C=O) groups is 3. The molecule has 2 aromatic rings. The number of hydrogen-bond acceptors (Lipinski definition) is 5. The van der Waals surface area contributed by atoms with E-state index in [2.05, 4.69) is 28.5 Å². The number of anilines is 1. The summed E-state index contributed by atoms with van der Waals surface area (Å²) in [6, 6.07) is 13.6. The van der Waals surface area contributed by atoms with Crippen molar-refractivity contribution >= 4 is 23.5 Å². The maximum Gasteiger partial charge on any atom is 0.353 e. The molecule has 3 rings (SSSR count). The average molecular weight is 405 g/mol. The highest BCUT2D eigenvalue weighted by molar-refractivity contribution is 6.07. The molecule has 0 spiro atoms. The van der Waals surface area contributed by atoms with Crippen molar-refractivity contribution in [2.24, 2.45) is 0 Å². The molecule has 1 heterocycles. The molecule has 1 aliphatic rings. The summed E-state index contributed by atoms with van der Waals surface area (Å²) in [6.45, 7) is 7.42. The fourth-order valence-corrected chi connectivity index (χ4v) is 3.30. The number of hydrogen-bond donors (Lipinski definition) is 2. The van der Waals surface area contributed by atoms with Gasteiger partial charge in [0.1, 0.15) is 11.4 Å². The second-order valence-corrected chi connectivity index (χ2v) is 6.83. The third-order valence-corrected chi connectivity index (χ3v) is 4.99. The van der Waals surface area contributed by atoms with Crippen LogP contribution < -0.4 is 10.6 Å². The van der Waals surface area contributed by atoms with E-state index in [1.54, 1.807) is 6.07 Å². The normalized spacial score (nSPS) is 12.2. The van der Waals surface area contributed by atoms with Gasteiger partial charge < -0.3 is 15.4 Å². The first-order valence-corrected chi connectivity index (χ1v) is 9.32. The quantitative estimate of drug-likeness (QED) is 0.546. The Kier molecular flexibility index (Phi) is 6.01. The lowest BCUT2D eigenvalue weighted by Crippen LogP contribution is -2.36. The van der Waals surface area contributed by atoms with Crippen LogP contribution in [0, 0.1) is 0 Å². The molecule has 0 aliphatic carbocycles. The molecule has 2 N–H and O–H groups in total. The van der Waals surface area contributed by atoms with E-state index in [9.17, 15) is 14.4 Å². The number of nitrogens with one attached hydrogen (secondary N) is 2. The van der Waals surface area contributed by atoms with Gasteiger partial charge in [-0.15, -0.1) is 0 Å². The standard InChI is InChI=1S/C23H23N3O4/c1-14(23(29)30-4)25-21(27)15(2)26-13-20-17(6-5-7-19(20)22(26)28)12-16-8-10-18(24-3)11-9-16/h5-11,24H,1-2,12-13H2,3-4H3,(H,25,27). The summed E-state index contributed by atoms with van der Waals surface area (Å²) < 4.78 is 4.51. The van der Waals surface area contributed by atoms with Crippen LogP contribution in [0.2, 0.25) is 0 Å². The highest BCUT2D eigenvalue weighted by Crippen LogP contribution is 2.30. The minimum absolute atomic E-state index is 0.0643. The first-order chi connectivity index (χ1) is 14.3. The Morgan fingerprint density at radius 3 is 2.47 bits per heavy atom. The van der Waals surface area contributed by atoms with Gasteiger partial charge in [-0.1, -0.05) is 37.4 Å². The zero-order valence-electron chi connectivity index (χ0n) is 17.0. The number of amides is 2. The summed E-state index contributed by atoms with van der Waals surface area (Å²) in [6.07, 6.45) is 0.659. The zero-order valence-corrected chi connectivity index (χ0v) is 17.0. The van der Waals surface area contributed by atoms with Crippen LogP contribution in [0.15, 0.2) is 67.0 Å². The lowest BCUT2D eigenvalue weighted by Gasteiger charge is -2.18. The van der Waals surface area contributed by atoms with E-state index in [1.807, 2.05) is 43.4 Å². The molecular weight excluding hydrogens is 382 g/mol. The van der Waals surface area contributed by atoms with Crippen LogP contribution in [0.1, 0.15) is 27.0 Å². The molecule has 0 aromatic heterocycles. The number of benzene rings is 2. The van der Waals surface area contributed by atoms with Crippen LogP contribution in [0.25, 0.3) is 0 Å². The molecule has 0 radical (unpaired) electrons. The van der Waals surface area contributed by atoms with Crippen LogP contribution >= 0.6 is 0 Å². The smallest absolute Gasteiger partial charge is 0.353 e. The molecule has 2 aromatic carbocycles. The second-order valence-electron chi connectivity index (χ2n) is 6.83. The maximum absolute atomic E-state index is 12.9. The van der Waals surface area contributed by atoms with Crippen LogP contribution in [0.3, 0.4) is 0 Å². The van der Waals surface area contributed by atoms with E-state index in [-0.39, 0.29) is 23.8 Å². The lowest BCUT2D eigenvalue weighted by molar-refractivity contribution is -0.137. The predicted octanol–water partition coefficient (Wildman–Crippen LogP) is 2.59. The topological polar surface area (TPSA) is 87.7 Å². The minimum Gasteiger partial charge on any atom is -0.464 e. The van der Waals surface area contributed by atoms with Crippen LogP contribution in [-0.4, -0.2) is 36.8 Å². The van der Waals surface area contributed by atoms with Gasteiger partial charge in [0.05, 0.1) is 13.7 Å². The molecule has 0 bridgehead atoms. The maximum atomic E-state index is 12.9. The molecule has 154 valence electrons. The van der Waals surface area contributed by atoms with Gasteiger partial charge in [0.2, 0.25) is 0 Å². The number of esters is 1. The number of ether oxygens (including phenoxy) is 1. The number of nitrogens with zero attached hydrogens (tertiary/aromatic N) is 1. The van der Waals surface area contributed by atoms with Gasteiger partial charge >= 0.3 is 5.97 Å².